The van der Waals surface area contributed by atoms with Crippen LogP contribution in [-0.2, 0) is 16.0 Å². The molecular weight excluding hydrogens is 362 g/mol. The number of carbonyl (C=O) groups is 1. The zero-order valence-electron chi connectivity index (χ0n) is 16.5. The summed E-state index contributed by atoms with van der Waals surface area (Å²) in [4.78, 5) is 14.5. The number of aliphatic hydroxyl groups excluding tert-OH is 1. The Morgan fingerprint density at radius 1 is 1.30 bits per heavy atom. The molecule has 2 heterocycles. The molecule has 1 aromatic rings. The van der Waals surface area contributed by atoms with Crippen molar-refractivity contribution in [1.29, 1.82) is 0 Å². The first-order valence-electron chi connectivity index (χ1n) is 10.2. The third-order valence-electron chi connectivity index (χ3n) is 6.05. The third kappa shape index (κ3) is 5.46. The number of nitrogens with zero attached hydrogens (tertiary/aromatic N) is 1. The Balaban J connectivity index is 1.45. The van der Waals surface area contributed by atoms with Gasteiger partial charge in [-0.15, -0.1) is 0 Å². The van der Waals surface area contributed by atoms with Gasteiger partial charge in [0, 0.05) is 31.0 Å². The van der Waals surface area contributed by atoms with E-state index < -0.39 is 0 Å². The number of amides is 1. The van der Waals surface area contributed by atoms with Crippen molar-refractivity contribution in [3.05, 3.63) is 34.9 Å². The van der Waals surface area contributed by atoms with Crippen molar-refractivity contribution in [2.75, 3.05) is 13.1 Å². The Kier molecular flexibility index (Phi) is 6.83. The van der Waals surface area contributed by atoms with E-state index in [-0.39, 0.29) is 23.7 Å². The van der Waals surface area contributed by atoms with Crippen LogP contribution in [0.3, 0.4) is 0 Å². The maximum Gasteiger partial charge on any atom is 0.222 e. The molecule has 5 heteroatoms. The number of hydrogen-bond acceptors (Lipinski definition) is 3. The molecule has 2 aliphatic rings. The standard InChI is InChI=1S/C22H32ClNO3/c1-16(2)20-14-19(25)15-22(27-20)10-12-24(13-11-22)21(26)5-3-4-17-6-8-18(23)9-7-17/h6-9,16,19-20,25H,3-5,10-15H2,1-2H3/t19-,20-/m1/s1. The van der Waals surface area contributed by atoms with E-state index in [0.717, 1.165) is 50.2 Å². The summed E-state index contributed by atoms with van der Waals surface area (Å²) >= 11 is 5.91. The fourth-order valence-corrected chi connectivity index (χ4v) is 4.47. The van der Waals surface area contributed by atoms with Crippen molar-refractivity contribution in [1.82, 2.24) is 4.90 Å². The lowest BCUT2D eigenvalue weighted by Crippen LogP contribution is -2.54. The summed E-state index contributed by atoms with van der Waals surface area (Å²) in [6.07, 6.45) is 5.25. The monoisotopic (exact) mass is 393 g/mol. The minimum Gasteiger partial charge on any atom is -0.393 e. The predicted octanol–water partition coefficient (Wildman–Crippen LogP) is 4.22. The van der Waals surface area contributed by atoms with E-state index >= 15 is 0 Å². The SMILES string of the molecule is CC(C)[C@H]1C[C@@H](O)CC2(CCN(C(=O)CCCc3ccc(Cl)cc3)CC2)O1. The molecule has 0 radical (unpaired) electrons. The minimum absolute atomic E-state index is 0.121. The maximum absolute atomic E-state index is 12.6. The second-order valence-corrected chi connectivity index (χ2v) is 8.97. The van der Waals surface area contributed by atoms with Crippen molar-refractivity contribution >= 4 is 17.5 Å². The molecule has 2 fully saturated rings. The molecule has 1 aromatic carbocycles. The van der Waals surface area contributed by atoms with Crippen molar-refractivity contribution in [3.63, 3.8) is 0 Å². The molecule has 0 unspecified atom stereocenters. The molecule has 0 aromatic heterocycles. The van der Waals surface area contributed by atoms with Crippen LogP contribution in [-0.4, -0.2) is 46.8 Å². The van der Waals surface area contributed by atoms with Crippen LogP contribution in [0.4, 0.5) is 0 Å². The Morgan fingerprint density at radius 3 is 2.59 bits per heavy atom. The van der Waals surface area contributed by atoms with Crippen LogP contribution in [0, 0.1) is 5.92 Å². The first-order valence-corrected chi connectivity index (χ1v) is 10.6. The summed E-state index contributed by atoms with van der Waals surface area (Å²) < 4.78 is 6.41. The van der Waals surface area contributed by atoms with Gasteiger partial charge < -0.3 is 14.7 Å². The van der Waals surface area contributed by atoms with E-state index in [1.165, 1.54) is 5.56 Å². The second-order valence-electron chi connectivity index (χ2n) is 8.54. The summed E-state index contributed by atoms with van der Waals surface area (Å²) in [5.41, 5.74) is 0.973. The molecule has 1 N–H and O–H groups in total. The van der Waals surface area contributed by atoms with Gasteiger partial charge in [-0.3, -0.25) is 4.79 Å². The van der Waals surface area contributed by atoms with Gasteiger partial charge >= 0.3 is 0 Å². The number of hydrogen-bond donors (Lipinski definition) is 1. The summed E-state index contributed by atoms with van der Waals surface area (Å²) in [5.74, 6) is 0.639. The lowest BCUT2D eigenvalue weighted by Gasteiger charge is -2.48. The quantitative estimate of drug-likeness (QED) is 0.814. The summed E-state index contributed by atoms with van der Waals surface area (Å²) in [6, 6.07) is 7.83. The first kappa shape index (κ1) is 20.6. The highest BCUT2D eigenvalue weighted by Gasteiger charge is 2.44. The van der Waals surface area contributed by atoms with Crippen LogP contribution >= 0.6 is 11.6 Å². The van der Waals surface area contributed by atoms with Crippen LogP contribution in [0.1, 0.15) is 57.9 Å². The van der Waals surface area contributed by atoms with Crippen LogP contribution < -0.4 is 0 Å². The van der Waals surface area contributed by atoms with Gasteiger partial charge in [-0.1, -0.05) is 37.6 Å². The number of rotatable bonds is 5. The lowest BCUT2D eigenvalue weighted by atomic mass is 9.80. The Labute approximate surface area is 167 Å². The van der Waals surface area contributed by atoms with Gasteiger partial charge in [0.05, 0.1) is 17.8 Å². The molecule has 0 bridgehead atoms. The number of halogens is 1. The number of piperidine rings is 1. The van der Waals surface area contributed by atoms with E-state index in [1.54, 1.807) is 0 Å². The Bertz CT molecular complexity index is 623. The third-order valence-corrected chi connectivity index (χ3v) is 6.31. The number of aryl methyl sites for hydroxylation is 1. The molecule has 2 atom stereocenters. The molecule has 0 aliphatic carbocycles. The van der Waals surface area contributed by atoms with Crippen molar-refractivity contribution < 1.29 is 14.6 Å². The zero-order valence-corrected chi connectivity index (χ0v) is 17.3. The molecular formula is C22H32ClNO3. The van der Waals surface area contributed by atoms with E-state index in [0.29, 0.717) is 18.8 Å². The molecule has 2 saturated heterocycles. The lowest BCUT2D eigenvalue weighted by molar-refractivity contribution is -0.193. The summed E-state index contributed by atoms with van der Waals surface area (Å²) in [6.45, 7) is 5.76. The highest BCUT2D eigenvalue weighted by molar-refractivity contribution is 6.30. The van der Waals surface area contributed by atoms with Crippen LogP contribution in [0.15, 0.2) is 24.3 Å². The number of ether oxygens (including phenoxy) is 1. The molecule has 27 heavy (non-hydrogen) atoms. The molecule has 3 rings (SSSR count). The average molecular weight is 394 g/mol. The topological polar surface area (TPSA) is 49.8 Å². The minimum atomic E-state index is -0.284. The number of likely N-dealkylation sites (tertiary alicyclic amines) is 1. The van der Waals surface area contributed by atoms with Crippen LogP contribution in [0.5, 0.6) is 0 Å². The zero-order chi connectivity index (χ0) is 19.4. The Morgan fingerprint density at radius 2 is 1.96 bits per heavy atom. The van der Waals surface area contributed by atoms with Gasteiger partial charge in [-0.2, -0.15) is 0 Å². The van der Waals surface area contributed by atoms with Gasteiger partial charge in [0.1, 0.15) is 0 Å². The maximum atomic E-state index is 12.6. The van der Waals surface area contributed by atoms with Crippen molar-refractivity contribution in [2.45, 2.75) is 76.6 Å². The fraction of sp³-hybridized carbons (Fsp3) is 0.682. The normalized spacial score (nSPS) is 25.1. The molecule has 1 spiro atoms. The van der Waals surface area contributed by atoms with Gasteiger partial charge in [0.25, 0.3) is 0 Å². The largest absolute Gasteiger partial charge is 0.393 e. The highest BCUT2D eigenvalue weighted by Crippen LogP contribution is 2.39. The smallest absolute Gasteiger partial charge is 0.222 e. The van der Waals surface area contributed by atoms with Crippen molar-refractivity contribution in [3.8, 4) is 0 Å². The highest BCUT2D eigenvalue weighted by atomic mass is 35.5. The average Bonchev–Trinajstić information content (AvgIpc) is 2.63. The molecule has 2 aliphatic heterocycles. The number of benzene rings is 1. The molecule has 1 amide bonds. The van der Waals surface area contributed by atoms with Crippen LogP contribution in [0.2, 0.25) is 5.02 Å². The van der Waals surface area contributed by atoms with Gasteiger partial charge in [0.15, 0.2) is 0 Å². The number of aliphatic hydroxyl groups is 1. The number of carbonyl (C=O) groups excluding carboxylic acids is 1. The van der Waals surface area contributed by atoms with Crippen LogP contribution in [0.25, 0.3) is 0 Å². The van der Waals surface area contributed by atoms with E-state index in [1.807, 2.05) is 29.2 Å². The van der Waals surface area contributed by atoms with E-state index in [4.69, 9.17) is 16.3 Å². The van der Waals surface area contributed by atoms with Gasteiger partial charge in [-0.25, -0.2) is 0 Å². The van der Waals surface area contributed by atoms with Crippen molar-refractivity contribution in [2.24, 2.45) is 5.92 Å². The predicted molar refractivity (Wildman–Crippen MR) is 108 cm³/mol. The molecule has 0 saturated carbocycles. The summed E-state index contributed by atoms with van der Waals surface area (Å²) in [7, 11) is 0. The summed E-state index contributed by atoms with van der Waals surface area (Å²) in [5, 5.41) is 11.0. The van der Waals surface area contributed by atoms with Gasteiger partial charge in [-0.05, 0) is 55.7 Å². The Hall–Kier alpha value is -1.10. The second kappa shape index (κ2) is 8.93. The van der Waals surface area contributed by atoms with E-state index in [9.17, 15) is 9.90 Å². The van der Waals surface area contributed by atoms with E-state index in [2.05, 4.69) is 13.8 Å². The fourth-order valence-electron chi connectivity index (χ4n) is 4.35. The van der Waals surface area contributed by atoms with Gasteiger partial charge in [0.2, 0.25) is 5.91 Å². The first-order chi connectivity index (χ1) is 12.9. The molecule has 4 nitrogen and oxygen atoms in total. The molecule has 150 valence electrons.